The highest BCUT2D eigenvalue weighted by molar-refractivity contribution is 6.00. The molecule has 0 saturated carbocycles. The van der Waals surface area contributed by atoms with Crippen LogP contribution in [0.5, 0.6) is 17.2 Å². The van der Waals surface area contributed by atoms with Crippen LogP contribution in [0.4, 0.5) is 0 Å². The first-order valence-corrected chi connectivity index (χ1v) is 5.27. The van der Waals surface area contributed by atoms with Crippen LogP contribution in [0.25, 0.3) is 0 Å². The number of rotatable bonds is 4. The Kier molecular flexibility index (Phi) is 3.37. The van der Waals surface area contributed by atoms with E-state index in [9.17, 15) is 0 Å². The highest BCUT2D eigenvalue weighted by Gasteiger charge is 2.22. The zero-order valence-corrected chi connectivity index (χ0v) is 10.1. The lowest BCUT2D eigenvalue weighted by molar-refractivity contribution is 0.338. The molecule has 0 unspecified atom stereocenters. The lowest BCUT2D eigenvalue weighted by Crippen LogP contribution is -2.07. The number of hydrogen-bond acceptors (Lipinski definition) is 5. The van der Waals surface area contributed by atoms with Crippen LogP contribution in [0.15, 0.2) is 17.1 Å². The molecule has 0 aromatic heterocycles. The summed E-state index contributed by atoms with van der Waals surface area (Å²) in [4.78, 5) is 4.27. The zero-order valence-electron chi connectivity index (χ0n) is 10.1. The summed E-state index contributed by atoms with van der Waals surface area (Å²) >= 11 is 0. The molecule has 0 bridgehead atoms. The predicted octanol–water partition coefficient (Wildman–Crippen LogP) is 1.49. The Morgan fingerprint density at radius 3 is 2.12 bits per heavy atom. The second-order valence-electron chi connectivity index (χ2n) is 3.44. The van der Waals surface area contributed by atoms with Gasteiger partial charge in [-0.1, -0.05) is 0 Å². The Balaban J connectivity index is 2.54. The number of ether oxygens (including phenoxy) is 4. The summed E-state index contributed by atoms with van der Waals surface area (Å²) in [5.41, 5.74) is 0.730. The molecule has 0 saturated heterocycles. The maximum Gasteiger partial charge on any atom is 0.223 e. The van der Waals surface area contributed by atoms with Gasteiger partial charge in [-0.05, 0) is 0 Å². The van der Waals surface area contributed by atoms with Crippen molar-refractivity contribution in [3.63, 3.8) is 0 Å². The molecule has 1 aromatic rings. The van der Waals surface area contributed by atoms with Gasteiger partial charge in [0.05, 0.1) is 27.9 Å². The molecule has 92 valence electrons. The molecule has 2 rings (SSSR count). The third kappa shape index (κ3) is 2.13. The molecule has 0 aliphatic carbocycles. The molecule has 1 aliphatic heterocycles. The van der Waals surface area contributed by atoms with Gasteiger partial charge >= 0.3 is 0 Å². The van der Waals surface area contributed by atoms with Crippen molar-refractivity contribution in [2.45, 2.75) is 0 Å². The predicted molar refractivity (Wildman–Crippen MR) is 63.5 cm³/mol. The molecule has 17 heavy (non-hydrogen) atoms. The van der Waals surface area contributed by atoms with Crippen LogP contribution in [-0.4, -0.2) is 40.4 Å². The van der Waals surface area contributed by atoms with Gasteiger partial charge in [-0.15, -0.1) is 0 Å². The van der Waals surface area contributed by atoms with Crippen molar-refractivity contribution < 1.29 is 18.9 Å². The maximum atomic E-state index is 5.45. The highest BCUT2D eigenvalue weighted by atomic mass is 16.5. The molecule has 0 amide bonds. The topological polar surface area (TPSA) is 49.3 Å². The number of nitrogens with zero attached hydrogens (tertiary/aromatic N) is 1. The van der Waals surface area contributed by atoms with Gasteiger partial charge in [-0.2, -0.15) is 0 Å². The first-order valence-electron chi connectivity index (χ1n) is 5.27. The largest absolute Gasteiger partial charge is 0.496 e. The van der Waals surface area contributed by atoms with Crippen LogP contribution in [0, 0.1) is 0 Å². The second-order valence-corrected chi connectivity index (χ2v) is 3.44. The summed E-state index contributed by atoms with van der Waals surface area (Å²) in [5, 5.41) is 0. The number of aliphatic imine (C=N–C) groups is 1. The summed E-state index contributed by atoms with van der Waals surface area (Å²) < 4.78 is 21.3. The van der Waals surface area contributed by atoms with Crippen LogP contribution in [0.2, 0.25) is 0 Å². The molecule has 0 atom stereocenters. The fourth-order valence-electron chi connectivity index (χ4n) is 1.70. The van der Waals surface area contributed by atoms with Crippen molar-refractivity contribution in [1.82, 2.24) is 0 Å². The van der Waals surface area contributed by atoms with Gasteiger partial charge in [0, 0.05) is 12.1 Å². The molecule has 0 fully saturated rings. The van der Waals surface area contributed by atoms with E-state index in [1.807, 2.05) is 0 Å². The molecule has 0 radical (unpaired) electrons. The molecule has 0 spiro atoms. The van der Waals surface area contributed by atoms with Crippen LogP contribution in [-0.2, 0) is 4.74 Å². The molecule has 1 aliphatic rings. The molecule has 5 nitrogen and oxygen atoms in total. The van der Waals surface area contributed by atoms with E-state index in [2.05, 4.69) is 4.99 Å². The molecular weight excluding hydrogens is 222 g/mol. The van der Waals surface area contributed by atoms with E-state index in [1.54, 1.807) is 33.5 Å². The SMILES string of the molecule is COc1cc(OC)c(C2=NCCO2)c(OC)c1. The zero-order chi connectivity index (χ0) is 12.3. The molecular formula is C12H15NO4. The Bertz CT molecular complexity index is 417. The second kappa shape index (κ2) is 4.95. The first kappa shape index (κ1) is 11.6. The van der Waals surface area contributed by atoms with Gasteiger partial charge in [-0.3, -0.25) is 0 Å². The van der Waals surface area contributed by atoms with E-state index < -0.39 is 0 Å². The van der Waals surface area contributed by atoms with Crippen LogP contribution < -0.4 is 14.2 Å². The summed E-state index contributed by atoms with van der Waals surface area (Å²) in [6, 6.07) is 3.56. The van der Waals surface area contributed by atoms with Gasteiger partial charge in [0.15, 0.2) is 0 Å². The van der Waals surface area contributed by atoms with E-state index in [-0.39, 0.29) is 0 Å². The summed E-state index contributed by atoms with van der Waals surface area (Å²) in [6.07, 6.45) is 0. The first-order chi connectivity index (χ1) is 8.30. The lowest BCUT2D eigenvalue weighted by atomic mass is 10.1. The minimum absolute atomic E-state index is 0.557. The monoisotopic (exact) mass is 237 g/mol. The average Bonchev–Trinajstić information content (AvgIpc) is 2.90. The van der Waals surface area contributed by atoms with Crippen molar-refractivity contribution in [2.24, 2.45) is 4.99 Å². The van der Waals surface area contributed by atoms with Crippen molar-refractivity contribution in [3.05, 3.63) is 17.7 Å². The van der Waals surface area contributed by atoms with Gasteiger partial charge in [-0.25, -0.2) is 4.99 Å². The highest BCUT2D eigenvalue weighted by Crippen LogP contribution is 2.35. The van der Waals surface area contributed by atoms with E-state index >= 15 is 0 Å². The molecule has 5 heteroatoms. The molecule has 0 N–H and O–H groups in total. The van der Waals surface area contributed by atoms with E-state index in [0.717, 1.165) is 5.56 Å². The minimum atomic E-state index is 0.557. The van der Waals surface area contributed by atoms with Crippen LogP contribution >= 0.6 is 0 Å². The number of methoxy groups -OCH3 is 3. The van der Waals surface area contributed by atoms with E-state index in [1.165, 1.54) is 0 Å². The Hall–Kier alpha value is -1.91. The number of benzene rings is 1. The average molecular weight is 237 g/mol. The van der Waals surface area contributed by atoms with Crippen molar-refractivity contribution in [1.29, 1.82) is 0 Å². The summed E-state index contributed by atoms with van der Waals surface area (Å²) in [6.45, 7) is 1.25. The van der Waals surface area contributed by atoms with Gasteiger partial charge in [0.25, 0.3) is 0 Å². The lowest BCUT2D eigenvalue weighted by Gasteiger charge is -2.14. The van der Waals surface area contributed by atoms with Crippen molar-refractivity contribution in [3.8, 4) is 17.2 Å². The van der Waals surface area contributed by atoms with E-state index in [0.29, 0.717) is 36.3 Å². The fourth-order valence-corrected chi connectivity index (χ4v) is 1.70. The maximum absolute atomic E-state index is 5.45. The standard InChI is InChI=1S/C12H15NO4/c1-14-8-6-9(15-2)11(10(7-8)16-3)12-13-4-5-17-12/h6-7H,4-5H2,1-3H3. The minimum Gasteiger partial charge on any atom is -0.496 e. The Morgan fingerprint density at radius 2 is 1.71 bits per heavy atom. The van der Waals surface area contributed by atoms with Crippen LogP contribution in [0.1, 0.15) is 5.56 Å². The quantitative estimate of drug-likeness (QED) is 0.796. The number of hydrogen-bond donors (Lipinski definition) is 0. The summed E-state index contributed by atoms with van der Waals surface area (Å²) in [5.74, 6) is 2.48. The fraction of sp³-hybridized carbons (Fsp3) is 0.417. The smallest absolute Gasteiger partial charge is 0.223 e. The summed E-state index contributed by atoms with van der Waals surface area (Å²) in [7, 11) is 4.78. The third-order valence-electron chi connectivity index (χ3n) is 2.51. The Labute approximate surface area is 100.0 Å². The normalized spacial score (nSPS) is 13.9. The van der Waals surface area contributed by atoms with E-state index in [4.69, 9.17) is 18.9 Å². The van der Waals surface area contributed by atoms with Crippen molar-refractivity contribution in [2.75, 3.05) is 34.5 Å². The van der Waals surface area contributed by atoms with Crippen molar-refractivity contribution >= 4 is 5.90 Å². The Morgan fingerprint density at radius 1 is 1.06 bits per heavy atom. The van der Waals surface area contributed by atoms with Gasteiger partial charge in [0.2, 0.25) is 5.90 Å². The molecule has 1 aromatic carbocycles. The van der Waals surface area contributed by atoms with Crippen LogP contribution in [0.3, 0.4) is 0 Å². The van der Waals surface area contributed by atoms with Gasteiger partial charge < -0.3 is 18.9 Å². The van der Waals surface area contributed by atoms with Gasteiger partial charge in [0.1, 0.15) is 29.4 Å². The third-order valence-corrected chi connectivity index (χ3v) is 2.51. The molecule has 1 heterocycles.